The molecule has 29 heavy (non-hydrogen) atoms. The van der Waals surface area contributed by atoms with Crippen molar-refractivity contribution < 1.29 is 19.1 Å². The molecule has 0 unspecified atom stereocenters. The number of amides is 2. The number of nitrogens with one attached hydrogen (secondary N) is 2. The summed E-state index contributed by atoms with van der Waals surface area (Å²) < 4.78 is 11.5. The Morgan fingerprint density at radius 3 is 1.93 bits per heavy atom. The molecule has 2 N–H and O–H groups in total. The zero-order chi connectivity index (χ0) is 22.7. The van der Waals surface area contributed by atoms with Crippen molar-refractivity contribution in [2.45, 2.75) is 72.6 Å². The smallest absolute Gasteiger partial charge is 0.425 e. The number of ether oxygens (including phenoxy) is 2. The number of hydrogen-bond acceptors (Lipinski definition) is 7. The van der Waals surface area contributed by atoms with Crippen molar-refractivity contribution in [1.82, 2.24) is 4.98 Å². The average molecular weight is 583 g/mol. The van der Waals surface area contributed by atoms with E-state index in [-0.39, 0.29) is 22.0 Å². The van der Waals surface area contributed by atoms with Crippen LogP contribution in [0.5, 0.6) is 0 Å². The van der Waals surface area contributed by atoms with E-state index in [0.717, 1.165) is 8.47 Å². The highest BCUT2D eigenvalue weighted by atomic mass is 127. The van der Waals surface area contributed by atoms with E-state index < -0.39 is 23.4 Å². The van der Waals surface area contributed by atoms with E-state index in [0.29, 0.717) is 5.69 Å². The monoisotopic (exact) mass is 582 g/mol. The molecule has 1 aromatic heterocycles. The Hall–Kier alpha value is -1.43. The lowest BCUT2D eigenvalue weighted by Crippen LogP contribution is -2.45. The summed E-state index contributed by atoms with van der Waals surface area (Å²) in [7, 11) is 0. The average Bonchev–Trinajstić information content (AvgIpc) is 2.45. The number of carbonyl (C=O) groups excluding carboxylic acids is 2. The van der Waals surface area contributed by atoms with Gasteiger partial charge in [0.25, 0.3) is 0 Å². The van der Waals surface area contributed by atoms with Crippen LogP contribution < -0.4 is 10.2 Å². The Bertz CT molecular complexity index is 773. The second-order valence-corrected chi connectivity index (χ2v) is 10.5. The van der Waals surface area contributed by atoms with Gasteiger partial charge in [-0.05, 0) is 93.9 Å². The number of nitrogens with zero attached hydrogens (tertiary/aromatic N) is 2. The topological polar surface area (TPSA) is 105 Å². The molecule has 0 atom stereocenters. The van der Waals surface area contributed by atoms with Gasteiger partial charge in [0.05, 0.1) is 14.8 Å². The lowest BCUT2D eigenvalue weighted by atomic mass is 10.2. The minimum atomic E-state index is -0.939. The molecule has 0 spiro atoms. The van der Waals surface area contributed by atoms with Crippen LogP contribution in [0.2, 0.25) is 0 Å². The molecule has 0 aliphatic heterocycles. The van der Waals surface area contributed by atoms with Crippen molar-refractivity contribution in [2.24, 2.45) is 0 Å². The molecule has 0 saturated carbocycles. The van der Waals surface area contributed by atoms with Gasteiger partial charge >= 0.3 is 12.2 Å². The first-order valence-corrected chi connectivity index (χ1v) is 10.9. The zero-order valence-corrected chi connectivity index (χ0v) is 21.7. The molecule has 2 amide bonds. The lowest BCUT2D eigenvalue weighted by molar-refractivity contribution is 0.0429. The van der Waals surface area contributed by atoms with Gasteiger partial charge in [0.15, 0.2) is 5.82 Å². The van der Waals surface area contributed by atoms with Gasteiger partial charge < -0.3 is 14.8 Å². The van der Waals surface area contributed by atoms with E-state index in [1.165, 1.54) is 6.20 Å². The maximum Gasteiger partial charge on any atom is 0.425 e. The molecule has 0 fully saturated rings. The van der Waals surface area contributed by atoms with Crippen molar-refractivity contribution in [2.75, 3.05) is 10.2 Å². The van der Waals surface area contributed by atoms with Gasteiger partial charge in [0.1, 0.15) is 15.8 Å². The van der Waals surface area contributed by atoms with E-state index in [2.05, 4.69) is 48.8 Å². The molecule has 162 valence electrons. The largest absolute Gasteiger partial charge is 0.443 e. The fourth-order valence-electron chi connectivity index (χ4n) is 2.15. The maximum absolute atomic E-state index is 12.9. The number of halogens is 2. The van der Waals surface area contributed by atoms with Crippen LogP contribution in [-0.2, 0) is 9.47 Å². The first-order chi connectivity index (χ1) is 13.0. The predicted octanol–water partition coefficient (Wildman–Crippen LogP) is 5.90. The van der Waals surface area contributed by atoms with Gasteiger partial charge in [-0.25, -0.2) is 14.6 Å². The Kier molecular flexibility index (Phi) is 8.46. The van der Waals surface area contributed by atoms with Crippen LogP contribution in [0.3, 0.4) is 0 Å². The van der Waals surface area contributed by atoms with Crippen molar-refractivity contribution in [1.29, 1.82) is 5.41 Å². The van der Waals surface area contributed by atoms with E-state index in [1.807, 2.05) is 13.8 Å². The van der Waals surface area contributed by atoms with Gasteiger partial charge in [-0.1, -0.05) is 0 Å². The number of rotatable bonds is 4. The zero-order valence-electron chi connectivity index (χ0n) is 17.9. The molecule has 0 bridgehead atoms. The molecule has 0 aliphatic carbocycles. The first-order valence-electron chi connectivity index (χ1n) is 8.99. The molecule has 8 nitrogen and oxygen atoms in total. The molecule has 1 rings (SSSR count). The van der Waals surface area contributed by atoms with Gasteiger partial charge in [-0.2, -0.15) is 4.90 Å². The summed E-state index contributed by atoms with van der Waals surface area (Å²) >= 11 is 5.25. The minimum absolute atomic E-state index is 0.0425. The number of anilines is 2. The van der Waals surface area contributed by atoms with E-state index in [4.69, 9.17) is 14.9 Å². The first kappa shape index (κ1) is 25.6. The van der Waals surface area contributed by atoms with Gasteiger partial charge in [-0.15, -0.1) is 0 Å². The molecular formula is C19H28BrIN4O4. The highest BCUT2D eigenvalue weighted by Gasteiger charge is 2.36. The highest BCUT2D eigenvalue weighted by molar-refractivity contribution is 14.1. The summed E-state index contributed by atoms with van der Waals surface area (Å²) in [5.74, 6) is -0.0565. The van der Waals surface area contributed by atoms with Gasteiger partial charge in [-0.3, -0.25) is 5.41 Å². The predicted molar refractivity (Wildman–Crippen MR) is 126 cm³/mol. The molecule has 0 aliphatic rings. The molecule has 10 heteroatoms. The van der Waals surface area contributed by atoms with Crippen molar-refractivity contribution in [3.63, 3.8) is 0 Å². The summed E-state index contributed by atoms with van der Waals surface area (Å²) in [6.07, 6.45) is -0.362. The van der Waals surface area contributed by atoms with Crippen LogP contribution in [0.4, 0.5) is 21.1 Å². The number of carbonyl (C=O) groups is 2. The second kappa shape index (κ2) is 9.59. The second-order valence-electron chi connectivity index (χ2n) is 8.59. The van der Waals surface area contributed by atoms with Crippen molar-refractivity contribution in [3.05, 3.63) is 15.3 Å². The summed E-state index contributed by atoms with van der Waals surface area (Å²) in [6, 6.07) is 0.0425. The fourth-order valence-corrected chi connectivity index (χ4v) is 3.09. The minimum Gasteiger partial charge on any atom is -0.443 e. The Labute approximate surface area is 193 Å². The van der Waals surface area contributed by atoms with Crippen LogP contribution in [0.1, 0.15) is 61.0 Å². The van der Waals surface area contributed by atoms with Crippen LogP contribution in [-0.4, -0.2) is 39.0 Å². The van der Waals surface area contributed by atoms with E-state index in [1.54, 1.807) is 41.5 Å². The maximum atomic E-state index is 12.9. The van der Waals surface area contributed by atoms with Crippen LogP contribution in [0, 0.1) is 8.98 Å². The third kappa shape index (κ3) is 7.72. The fraction of sp³-hybridized carbons (Fsp3) is 0.579. The molecule has 0 saturated heterocycles. The number of hydrogen-bond donors (Lipinski definition) is 2. The number of pyridine rings is 1. The van der Waals surface area contributed by atoms with Crippen LogP contribution in [0.25, 0.3) is 0 Å². The summed E-state index contributed by atoms with van der Waals surface area (Å²) in [6.45, 7) is 14.0. The Morgan fingerprint density at radius 2 is 1.59 bits per heavy atom. The molecule has 0 aromatic carbocycles. The summed E-state index contributed by atoms with van der Waals surface area (Å²) in [5.41, 5.74) is -0.865. The Balaban J connectivity index is 3.69. The number of imide groups is 1. The molecule has 1 aromatic rings. The number of aromatic nitrogens is 1. The molecule has 0 radical (unpaired) electrons. The third-order valence-corrected chi connectivity index (χ3v) is 4.24. The highest BCUT2D eigenvalue weighted by Crippen LogP contribution is 2.34. The SMILES string of the molecule is CC(C)Nc1c(I)cnc(N(C(=O)OC(C)(C)C)C(=O)OC(C)(C)C)c1C(=N)Br. The van der Waals surface area contributed by atoms with E-state index >= 15 is 0 Å². The third-order valence-electron chi connectivity index (χ3n) is 3.03. The summed E-state index contributed by atoms with van der Waals surface area (Å²) in [5, 5.41) is 11.4. The van der Waals surface area contributed by atoms with Crippen molar-refractivity contribution in [3.8, 4) is 0 Å². The quantitative estimate of drug-likeness (QED) is 0.338. The van der Waals surface area contributed by atoms with Crippen LogP contribution >= 0.6 is 38.5 Å². The van der Waals surface area contributed by atoms with Gasteiger partial charge in [0.2, 0.25) is 0 Å². The Morgan fingerprint density at radius 1 is 1.14 bits per heavy atom. The van der Waals surface area contributed by atoms with E-state index in [9.17, 15) is 9.59 Å². The normalized spacial score (nSPS) is 11.8. The lowest BCUT2D eigenvalue weighted by Gasteiger charge is -2.29. The summed E-state index contributed by atoms with van der Waals surface area (Å²) in [4.78, 5) is 30.9. The van der Waals surface area contributed by atoms with Crippen LogP contribution in [0.15, 0.2) is 6.20 Å². The van der Waals surface area contributed by atoms with Crippen molar-refractivity contribution >= 4 is 66.8 Å². The van der Waals surface area contributed by atoms with Gasteiger partial charge in [0, 0.05) is 12.2 Å². The molecule has 1 heterocycles. The molecular weight excluding hydrogens is 555 g/mol. The standard InChI is InChI=1S/C19H28BrIN4O4/c1-10(2)24-13-11(21)9-23-15(12(13)14(20)22)25(16(26)28-18(3,4)5)17(27)29-19(6,7)8/h9-10,22H,1-8H3,(H,23,24).